The molecule has 5 aliphatic rings. The zero-order valence-electron chi connectivity index (χ0n) is 18.9. The van der Waals surface area contributed by atoms with Gasteiger partial charge < -0.3 is 14.2 Å². The van der Waals surface area contributed by atoms with Crippen LogP contribution in [0.5, 0.6) is 11.5 Å². The van der Waals surface area contributed by atoms with E-state index in [2.05, 4.69) is 24.3 Å². The quantitative estimate of drug-likeness (QED) is 0.568. The number of methoxy groups -OCH3 is 2. The van der Waals surface area contributed by atoms with E-state index in [1.54, 1.807) is 19.2 Å². The Morgan fingerprint density at radius 1 is 0.969 bits per heavy atom. The lowest BCUT2D eigenvalue weighted by atomic mass is 9.48. The Bertz CT molecular complexity index is 1080. The van der Waals surface area contributed by atoms with Gasteiger partial charge in [0.15, 0.2) is 0 Å². The fourth-order valence-corrected chi connectivity index (χ4v) is 7.34. The average Bonchev–Trinajstić information content (AvgIpc) is 2.81. The van der Waals surface area contributed by atoms with Crippen molar-refractivity contribution in [1.82, 2.24) is 0 Å². The highest BCUT2D eigenvalue weighted by Gasteiger charge is 2.52. The monoisotopic (exact) mass is 430 g/mol. The molecule has 166 valence electrons. The summed E-state index contributed by atoms with van der Waals surface area (Å²) in [4.78, 5) is 11.8. The Hall–Kier alpha value is -2.75. The van der Waals surface area contributed by atoms with Gasteiger partial charge in [-0.2, -0.15) is 0 Å². The Kier molecular flexibility index (Phi) is 4.60. The molecule has 1 aliphatic heterocycles. The smallest absolute Gasteiger partial charge is 0.337 e. The van der Waals surface area contributed by atoms with Crippen LogP contribution in [0.1, 0.15) is 65.6 Å². The molecule has 0 amide bonds. The lowest BCUT2D eigenvalue weighted by Gasteiger charge is -2.57. The Balaban J connectivity index is 1.37. The summed E-state index contributed by atoms with van der Waals surface area (Å²) in [5.74, 6) is 4.09. The number of esters is 1. The minimum absolute atomic E-state index is 0.277. The van der Waals surface area contributed by atoms with Crippen molar-refractivity contribution in [2.75, 3.05) is 20.8 Å². The summed E-state index contributed by atoms with van der Waals surface area (Å²) in [5.41, 5.74) is 5.56. The summed E-state index contributed by atoms with van der Waals surface area (Å²) in [6.45, 7) is 0.490. The number of rotatable bonds is 4. The third kappa shape index (κ3) is 3.15. The van der Waals surface area contributed by atoms with E-state index in [1.165, 1.54) is 56.8 Å². The van der Waals surface area contributed by atoms with Crippen LogP contribution in [0.25, 0.3) is 11.6 Å². The summed E-state index contributed by atoms with van der Waals surface area (Å²) in [6.07, 6.45) is 10.4. The molecule has 4 saturated carbocycles. The van der Waals surface area contributed by atoms with Gasteiger partial charge in [-0.1, -0.05) is 12.1 Å². The zero-order valence-corrected chi connectivity index (χ0v) is 18.9. The number of benzene rings is 2. The maximum absolute atomic E-state index is 11.8. The molecule has 0 radical (unpaired) electrons. The van der Waals surface area contributed by atoms with Gasteiger partial charge in [0.1, 0.15) is 18.1 Å². The third-order valence-electron chi connectivity index (χ3n) is 8.33. The molecular weight excluding hydrogens is 400 g/mol. The maximum Gasteiger partial charge on any atom is 0.337 e. The van der Waals surface area contributed by atoms with E-state index in [0.717, 1.165) is 40.4 Å². The van der Waals surface area contributed by atoms with Gasteiger partial charge in [-0.25, -0.2) is 4.79 Å². The van der Waals surface area contributed by atoms with E-state index in [1.807, 2.05) is 6.07 Å². The van der Waals surface area contributed by atoms with Crippen molar-refractivity contribution in [3.63, 3.8) is 0 Å². The standard InChI is InChI=1S/C28H30O4/c1-30-25-6-5-20(11-24(25)28-13-17-7-18(14-28)9-19(8-17)15-28)23-10-21-3-4-22(27(29)31-2)12-26(21)32-16-23/h3-6,10-12,17-19H,7-9,13-16H2,1-2H3. The van der Waals surface area contributed by atoms with Crippen LogP contribution in [0.4, 0.5) is 0 Å². The van der Waals surface area contributed by atoms with Crippen molar-refractivity contribution in [2.45, 2.75) is 43.9 Å². The summed E-state index contributed by atoms with van der Waals surface area (Å²) in [5, 5.41) is 0. The van der Waals surface area contributed by atoms with Crippen LogP contribution in [0.2, 0.25) is 0 Å². The van der Waals surface area contributed by atoms with E-state index >= 15 is 0 Å². The van der Waals surface area contributed by atoms with E-state index < -0.39 is 0 Å². The average molecular weight is 431 g/mol. The van der Waals surface area contributed by atoms with Crippen LogP contribution in [0, 0.1) is 17.8 Å². The van der Waals surface area contributed by atoms with E-state index in [9.17, 15) is 4.79 Å². The van der Waals surface area contributed by atoms with Crippen molar-refractivity contribution in [3.8, 4) is 11.5 Å². The fourth-order valence-electron chi connectivity index (χ4n) is 7.34. The molecule has 4 nitrogen and oxygen atoms in total. The number of carbonyl (C=O) groups excluding carboxylic acids is 1. The van der Waals surface area contributed by atoms with Crippen LogP contribution in [-0.4, -0.2) is 26.8 Å². The minimum Gasteiger partial charge on any atom is -0.496 e. The number of ether oxygens (including phenoxy) is 3. The first-order valence-electron chi connectivity index (χ1n) is 11.8. The van der Waals surface area contributed by atoms with Crippen molar-refractivity contribution in [1.29, 1.82) is 0 Å². The Morgan fingerprint density at radius 3 is 2.34 bits per heavy atom. The molecule has 0 aromatic heterocycles. The van der Waals surface area contributed by atoms with E-state index in [4.69, 9.17) is 14.2 Å². The SMILES string of the molecule is COC(=O)c1ccc2c(c1)OCC(c1ccc(OC)c(C34CC5CC(CC(C5)C3)C4)c1)=C2. The fraction of sp³-hybridized carbons (Fsp3) is 0.464. The van der Waals surface area contributed by atoms with E-state index in [-0.39, 0.29) is 11.4 Å². The van der Waals surface area contributed by atoms with Crippen molar-refractivity contribution in [3.05, 3.63) is 58.7 Å². The number of carbonyl (C=O) groups is 1. The molecule has 0 unspecified atom stereocenters. The molecule has 0 spiro atoms. The van der Waals surface area contributed by atoms with Gasteiger partial charge in [-0.05, 0) is 103 Å². The molecule has 32 heavy (non-hydrogen) atoms. The van der Waals surface area contributed by atoms with Crippen LogP contribution in [0.15, 0.2) is 36.4 Å². The van der Waals surface area contributed by atoms with Crippen molar-refractivity contribution >= 4 is 17.6 Å². The van der Waals surface area contributed by atoms with Crippen molar-refractivity contribution in [2.24, 2.45) is 17.8 Å². The van der Waals surface area contributed by atoms with Crippen LogP contribution < -0.4 is 9.47 Å². The molecule has 4 bridgehead atoms. The van der Waals surface area contributed by atoms with Crippen LogP contribution >= 0.6 is 0 Å². The highest BCUT2D eigenvalue weighted by Crippen LogP contribution is 2.62. The van der Waals surface area contributed by atoms with Gasteiger partial charge in [0.25, 0.3) is 0 Å². The molecule has 1 heterocycles. The number of fused-ring (bicyclic) bond motifs is 1. The largest absolute Gasteiger partial charge is 0.496 e. The number of hydrogen-bond acceptors (Lipinski definition) is 4. The molecule has 4 heteroatoms. The number of hydrogen-bond donors (Lipinski definition) is 0. The minimum atomic E-state index is -0.346. The van der Waals surface area contributed by atoms with Crippen LogP contribution in [-0.2, 0) is 10.2 Å². The molecule has 0 saturated heterocycles. The van der Waals surface area contributed by atoms with Crippen LogP contribution in [0.3, 0.4) is 0 Å². The van der Waals surface area contributed by atoms with Gasteiger partial charge in [-0.3, -0.25) is 0 Å². The van der Waals surface area contributed by atoms with Gasteiger partial charge in [0, 0.05) is 11.1 Å². The topological polar surface area (TPSA) is 44.8 Å². The normalized spacial score (nSPS) is 29.7. The first-order valence-corrected chi connectivity index (χ1v) is 11.8. The first-order chi connectivity index (χ1) is 15.6. The second-order valence-corrected chi connectivity index (χ2v) is 10.3. The van der Waals surface area contributed by atoms with Gasteiger partial charge in [0.2, 0.25) is 0 Å². The highest BCUT2D eigenvalue weighted by atomic mass is 16.5. The summed E-state index contributed by atoms with van der Waals surface area (Å²) in [7, 11) is 3.20. The Labute approximate surface area is 189 Å². The van der Waals surface area contributed by atoms with Crippen molar-refractivity contribution < 1.29 is 19.0 Å². The third-order valence-corrected chi connectivity index (χ3v) is 8.33. The predicted octanol–water partition coefficient (Wildman–Crippen LogP) is 5.88. The van der Waals surface area contributed by atoms with Gasteiger partial charge in [-0.15, -0.1) is 0 Å². The summed E-state index contributed by atoms with van der Waals surface area (Å²) < 4.78 is 16.8. The molecular formula is C28H30O4. The molecule has 0 atom stereocenters. The second kappa shape index (κ2) is 7.40. The van der Waals surface area contributed by atoms with Gasteiger partial charge >= 0.3 is 5.97 Å². The molecule has 2 aromatic carbocycles. The lowest BCUT2D eigenvalue weighted by molar-refractivity contribution is -0.00616. The molecule has 0 N–H and O–H groups in total. The Morgan fingerprint density at radius 2 is 1.69 bits per heavy atom. The maximum atomic E-state index is 11.8. The molecule has 7 rings (SSSR count). The first kappa shape index (κ1) is 19.9. The van der Waals surface area contributed by atoms with Gasteiger partial charge in [0.05, 0.1) is 19.8 Å². The molecule has 2 aromatic rings. The predicted molar refractivity (Wildman–Crippen MR) is 124 cm³/mol. The van der Waals surface area contributed by atoms with E-state index in [0.29, 0.717) is 12.2 Å². The lowest BCUT2D eigenvalue weighted by Crippen LogP contribution is -2.48. The summed E-state index contributed by atoms with van der Waals surface area (Å²) >= 11 is 0. The highest BCUT2D eigenvalue weighted by molar-refractivity contribution is 5.92. The second-order valence-electron chi connectivity index (χ2n) is 10.3. The summed E-state index contributed by atoms with van der Waals surface area (Å²) in [6, 6.07) is 12.2. The molecule has 4 fully saturated rings. The zero-order chi connectivity index (χ0) is 21.9. The molecule has 4 aliphatic carbocycles.